The van der Waals surface area contributed by atoms with Gasteiger partial charge >= 0.3 is 0 Å². The van der Waals surface area contributed by atoms with Gasteiger partial charge < -0.3 is 0 Å². The molecule has 0 unspecified atom stereocenters. The van der Waals surface area contributed by atoms with Gasteiger partial charge in [-0.1, -0.05) is 11.6 Å². The number of halogens is 3. The van der Waals surface area contributed by atoms with E-state index in [4.69, 9.17) is 11.6 Å². The van der Waals surface area contributed by atoms with Crippen LogP contribution in [0.15, 0.2) is 17.1 Å². The quantitative estimate of drug-likeness (QED) is 0.436. The first kappa shape index (κ1) is 10.3. The number of benzene rings is 1. The van der Waals surface area contributed by atoms with Crippen molar-refractivity contribution in [1.29, 1.82) is 0 Å². The van der Waals surface area contributed by atoms with Crippen LogP contribution in [0.2, 0.25) is 5.02 Å². The van der Waals surface area contributed by atoms with Gasteiger partial charge in [0.05, 0.1) is 5.54 Å². The fourth-order valence-corrected chi connectivity index (χ4v) is 1.60. The average molecular weight is 230 g/mol. The molecule has 1 aliphatic rings. The van der Waals surface area contributed by atoms with Gasteiger partial charge in [-0.25, -0.2) is 13.6 Å². The van der Waals surface area contributed by atoms with Gasteiger partial charge in [0.25, 0.3) is 0 Å². The minimum absolute atomic E-state index is 0.338. The molecule has 5 heteroatoms. The molecule has 0 aromatic heterocycles. The number of nitrogens with zero attached hydrogens (tertiary/aromatic N) is 1. The number of carbonyl (C=O) groups excluding carboxylic acids is 1. The molecule has 1 saturated carbocycles. The zero-order chi connectivity index (χ0) is 11.1. The van der Waals surface area contributed by atoms with Crippen molar-refractivity contribution in [3.05, 3.63) is 34.4 Å². The maximum absolute atomic E-state index is 13.1. The first-order valence-corrected chi connectivity index (χ1v) is 4.71. The van der Waals surface area contributed by atoms with E-state index >= 15 is 0 Å². The minimum atomic E-state index is -0.834. The van der Waals surface area contributed by atoms with Crippen molar-refractivity contribution in [2.75, 3.05) is 0 Å². The number of hydrogen-bond donors (Lipinski definition) is 0. The highest BCUT2D eigenvalue weighted by Gasteiger charge is 2.45. The fraction of sp³-hybridized carbons (Fsp3) is 0.300. The van der Waals surface area contributed by atoms with Crippen LogP contribution in [0.5, 0.6) is 0 Å². The van der Waals surface area contributed by atoms with Crippen LogP contribution >= 0.6 is 11.6 Å². The summed E-state index contributed by atoms with van der Waals surface area (Å²) in [6, 6.07) is 2.22. The monoisotopic (exact) mass is 229 g/mol. The van der Waals surface area contributed by atoms with E-state index < -0.39 is 22.2 Å². The summed E-state index contributed by atoms with van der Waals surface area (Å²) in [7, 11) is 0. The van der Waals surface area contributed by atoms with E-state index in [2.05, 4.69) is 4.99 Å². The molecule has 1 fully saturated rings. The normalized spacial score (nSPS) is 17.0. The van der Waals surface area contributed by atoms with Crippen molar-refractivity contribution in [1.82, 2.24) is 0 Å². The van der Waals surface area contributed by atoms with Crippen molar-refractivity contribution in [2.45, 2.75) is 18.4 Å². The Morgan fingerprint density at radius 2 is 1.87 bits per heavy atom. The van der Waals surface area contributed by atoms with Crippen molar-refractivity contribution in [2.24, 2.45) is 4.99 Å². The molecule has 0 aliphatic heterocycles. The zero-order valence-electron chi connectivity index (χ0n) is 7.56. The van der Waals surface area contributed by atoms with Gasteiger partial charge in [0, 0.05) is 0 Å². The van der Waals surface area contributed by atoms with E-state index in [0.29, 0.717) is 18.4 Å². The predicted molar refractivity (Wildman–Crippen MR) is 50.4 cm³/mol. The van der Waals surface area contributed by atoms with E-state index in [0.717, 1.165) is 12.1 Å². The summed E-state index contributed by atoms with van der Waals surface area (Å²) in [4.78, 5) is 13.7. The molecule has 15 heavy (non-hydrogen) atoms. The van der Waals surface area contributed by atoms with Crippen LogP contribution in [0.25, 0.3) is 0 Å². The van der Waals surface area contributed by atoms with E-state index in [-0.39, 0.29) is 0 Å². The molecular formula is C10H6ClF2NO. The Morgan fingerprint density at radius 1 is 1.33 bits per heavy atom. The van der Waals surface area contributed by atoms with Crippen LogP contribution in [-0.4, -0.2) is 6.08 Å². The van der Waals surface area contributed by atoms with Gasteiger partial charge in [0.2, 0.25) is 6.08 Å². The van der Waals surface area contributed by atoms with Gasteiger partial charge in [0.1, 0.15) is 16.7 Å². The maximum Gasteiger partial charge on any atom is 0.235 e. The molecule has 0 heterocycles. The SMILES string of the molecule is O=C=NC1(c2cc(F)c(Cl)c(F)c2)CC1. The second kappa shape index (κ2) is 3.40. The standard InChI is InChI=1S/C10H6ClF2NO/c11-9-7(12)3-6(4-8(9)13)10(1-2-10)14-5-15/h3-4H,1-2H2. The second-order valence-electron chi connectivity index (χ2n) is 3.49. The van der Waals surface area contributed by atoms with E-state index in [1.165, 1.54) is 6.08 Å². The molecule has 1 aliphatic carbocycles. The number of isocyanates is 1. The Hall–Kier alpha value is -1.25. The molecule has 2 nitrogen and oxygen atoms in total. The van der Waals surface area contributed by atoms with Crippen LogP contribution in [0.4, 0.5) is 8.78 Å². The van der Waals surface area contributed by atoms with Gasteiger partial charge in [0.15, 0.2) is 0 Å². The highest BCUT2D eigenvalue weighted by atomic mass is 35.5. The van der Waals surface area contributed by atoms with Crippen molar-refractivity contribution in [3.8, 4) is 0 Å². The summed E-state index contributed by atoms with van der Waals surface area (Å²) < 4.78 is 26.3. The molecule has 1 aromatic rings. The summed E-state index contributed by atoms with van der Waals surface area (Å²) in [5, 5.41) is -0.537. The minimum Gasteiger partial charge on any atom is -0.211 e. The lowest BCUT2D eigenvalue weighted by atomic mass is 10.1. The number of hydrogen-bond acceptors (Lipinski definition) is 2. The van der Waals surface area contributed by atoms with E-state index in [1.54, 1.807) is 0 Å². The highest BCUT2D eigenvalue weighted by molar-refractivity contribution is 6.30. The topological polar surface area (TPSA) is 29.4 Å². The average Bonchev–Trinajstić information content (AvgIpc) is 2.95. The molecule has 0 amide bonds. The molecule has 78 valence electrons. The highest BCUT2D eigenvalue weighted by Crippen LogP contribution is 2.49. The Bertz CT molecular complexity index is 441. The summed E-state index contributed by atoms with van der Waals surface area (Å²) in [6.07, 6.45) is 2.62. The lowest BCUT2D eigenvalue weighted by Gasteiger charge is -2.09. The summed E-state index contributed by atoms with van der Waals surface area (Å²) in [5.74, 6) is -1.67. The van der Waals surface area contributed by atoms with Gasteiger partial charge in [-0.2, -0.15) is 4.99 Å². The molecular weight excluding hydrogens is 224 g/mol. The lowest BCUT2D eigenvalue weighted by Crippen LogP contribution is -2.04. The molecule has 0 bridgehead atoms. The smallest absolute Gasteiger partial charge is 0.211 e. The third-order valence-corrected chi connectivity index (χ3v) is 2.87. The maximum atomic E-state index is 13.1. The summed E-state index contributed by atoms with van der Waals surface area (Å²) in [6.45, 7) is 0. The van der Waals surface area contributed by atoms with Gasteiger partial charge in [-0.15, -0.1) is 0 Å². The molecule has 0 spiro atoms. The third-order valence-electron chi connectivity index (χ3n) is 2.50. The van der Waals surface area contributed by atoms with Crippen LogP contribution in [-0.2, 0) is 10.3 Å². The molecule has 0 N–H and O–H groups in total. The molecule has 2 rings (SSSR count). The van der Waals surface area contributed by atoms with Crippen LogP contribution in [0, 0.1) is 11.6 Å². The lowest BCUT2D eigenvalue weighted by molar-refractivity contribution is 0.551. The molecule has 1 aromatic carbocycles. The zero-order valence-corrected chi connectivity index (χ0v) is 8.31. The van der Waals surface area contributed by atoms with E-state index in [9.17, 15) is 13.6 Å². The molecule has 0 atom stereocenters. The molecule has 0 saturated heterocycles. The van der Waals surface area contributed by atoms with Crippen LogP contribution < -0.4 is 0 Å². The molecule has 0 radical (unpaired) electrons. The van der Waals surface area contributed by atoms with Crippen molar-refractivity contribution in [3.63, 3.8) is 0 Å². The Morgan fingerprint density at radius 3 is 2.27 bits per heavy atom. The fourth-order valence-electron chi connectivity index (χ4n) is 1.49. The number of aliphatic imine (C=N–C) groups is 1. The van der Waals surface area contributed by atoms with Crippen molar-refractivity contribution < 1.29 is 13.6 Å². The van der Waals surface area contributed by atoms with Gasteiger partial charge in [-0.05, 0) is 30.5 Å². The summed E-state index contributed by atoms with van der Waals surface area (Å²) >= 11 is 5.34. The van der Waals surface area contributed by atoms with E-state index in [1.807, 2.05) is 0 Å². The first-order valence-electron chi connectivity index (χ1n) is 4.33. The van der Waals surface area contributed by atoms with Crippen molar-refractivity contribution >= 4 is 17.7 Å². The largest absolute Gasteiger partial charge is 0.235 e. The predicted octanol–water partition coefficient (Wildman–Crippen LogP) is 2.94. The summed E-state index contributed by atoms with van der Waals surface area (Å²) in [5.41, 5.74) is -0.432. The van der Waals surface area contributed by atoms with Gasteiger partial charge in [-0.3, -0.25) is 0 Å². The first-order chi connectivity index (χ1) is 7.09. The second-order valence-corrected chi connectivity index (χ2v) is 3.87. The van der Waals surface area contributed by atoms with Crippen LogP contribution in [0.1, 0.15) is 18.4 Å². The Kier molecular flexibility index (Phi) is 2.33. The van der Waals surface area contributed by atoms with Crippen LogP contribution in [0.3, 0.4) is 0 Å². The Labute approximate surface area is 89.6 Å². The Balaban J connectivity index is 2.51. The number of rotatable bonds is 2. The third kappa shape index (κ3) is 1.66.